The van der Waals surface area contributed by atoms with Crippen LogP contribution in [0.4, 0.5) is 0 Å². The highest BCUT2D eigenvalue weighted by molar-refractivity contribution is 5.83. The fourth-order valence-electron chi connectivity index (χ4n) is 2.37. The second-order valence-corrected chi connectivity index (χ2v) is 4.97. The van der Waals surface area contributed by atoms with Crippen molar-refractivity contribution in [3.63, 3.8) is 0 Å². The summed E-state index contributed by atoms with van der Waals surface area (Å²) >= 11 is 0. The van der Waals surface area contributed by atoms with Crippen molar-refractivity contribution in [1.29, 1.82) is 0 Å². The summed E-state index contributed by atoms with van der Waals surface area (Å²) in [7, 11) is 0. The van der Waals surface area contributed by atoms with E-state index in [4.69, 9.17) is 5.73 Å². The zero-order valence-electron chi connectivity index (χ0n) is 11.7. The van der Waals surface area contributed by atoms with Crippen LogP contribution in [0.1, 0.15) is 43.9 Å². The monoisotopic (exact) mass is 246 g/mol. The van der Waals surface area contributed by atoms with Crippen LogP contribution in [0.2, 0.25) is 0 Å². The Balaban J connectivity index is 2.74. The SMILES string of the molecule is CCc1nc(C)c2c(CCN)cn(C(C)C)c2n1. The second-order valence-electron chi connectivity index (χ2n) is 4.97. The van der Waals surface area contributed by atoms with Crippen molar-refractivity contribution in [2.24, 2.45) is 5.73 Å². The predicted octanol–water partition coefficient (Wildman–Crippen LogP) is 2.38. The molecule has 4 nitrogen and oxygen atoms in total. The number of hydrogen-bond donors (Lipinski definition) is 1. The van der Waals surface area contributed by atoms with E-state index in [2.05, 4.69) is 48.4 Å². The lowest BCUT2D eigenvalue weighted by Crippen LogP contribution is -2.03. The molecule has 2 N–H and O–H groups in total. The van der Waals surface area contributed by atoms with Gasteiger partial charge in [-0.3, -0.25) is 0 Å². The van der Waals surface area contributed by atoms with Gasteiger partial charge in [0, 0.05) is 24.0 Å². The van der Waals surface area contributed by atoms with Crippen LogP contribution in [-0.2, 0) is 12.8 Å². The van der Waals surface area contributed by atoms with Crippen molar-refractivity contribution in [1.82, 2.24) is 14.5 Å². The van der Waals surface area contributed by atoms with Gasteiger partial charge in [-0.25, -0.2) is 9.97 Å². The van der Waals surface area contributed by atoms with E-state index in [1.165, 1.54) is 10.9 Å². The van der Waals surface area contributed by atoms with E-state index in [0.29, 0.717) is 12.6 Å². The van der Waals surface area contributed by atoms with Crippen molar-refractivity contribution in [3.8, 4) is 0 Å². The largest absolute Gasteiger partial charge is 0.330 e. The Morgan fingerprint density at radius 3 is 2.61 bits per heavy atom. The van der Waals surface area contributed by atoms with Gasteiger partial charge in [-0.15, -0.1) is 0 Å². The summed E-state index contributed by atoms with van der Waals surface area (Å²) in [6, 6.07) is 0.401. The molecule has 0 atom stereocenters. The van der Waals surface area contributed by atoms with E-state index in [1.807, 2.05) is 0 Å². The number of nitrogens with zero attached hydrogens (tertiary/aromatic N) is 3. The van der Waals surface area contributed by atoms with E-state index in [9.17, 15) is 0 Å². The Morgan fingerprint density at radius 1 is 1.33 bits per heavy atom. The van der Waals surface area contributed by atoms with Crippen LogP contribution in [0.3, 0.4) is 0 Å². The van der Waals surface area contributed by atoms with Crippen LogP contribution < -0.4 is 5.73 Å². The van der Waals surface area contributed by atoms with Gasteiger partial charge >= 0.3 is 0 Å². The molecule has 4 heteroatoms. The summed E-state index contributed by atoms with van der Waals surface area (Å²) < 4.78 is 2.23. The topological polar surface area (TPSA) is 56.7 Å². The van der Waals surface area contributed by atoms with E-state index in [0.717, 1.165) is 30.0 Å². The summed E-state index contributed by atoms with van der Waals surface area (Å²) in [5.74, 6) is 0.916. The van der Waals surface area contributed by atoms with E-state index >= 15 is 0 Å². The van der Waals surface area contributed by atoms with Crippen LogP contribution in [0, 0.1) is 6.92 Å². The Hall–Kier alpha value is -1.42. The second kappa shape index (κ2) is 5.06. The lowest BCUT2D eigenvalue weighted by molar-refractivity contribution is 0.614. The molecule has 2 rings (SSSR count). The minimum Gasteiger partial charge on any atom is -0.330 e. The number of nitrogens with two attached hydrogens (primary N) is 1. The van der Waals surface area contributed by atoms with E-state index in [-0.39, 0.29) is 0 Å². The fraction of sp³-hybridized carbons (Fsp3) is 0.571. The molecule has 0 spiro atoms. The highest BCUT2D eigenvalue weighted by Gasteiger charge is 2.15. The van der Waals surface area contributed by atoms with Gasteiger partial charge in [0.25, 0.3) is 0 Å². The Morgan fingerprint density at radius 2 is 2.06 bits per heavy atom. The van der Waals surface area contributed by atoms with Crippen LogP contribution in [0.15, 0.2) is 6.20 Å². The molecule has 0 aliphatic carbocycles. The Labute approximate surface area is 108 Å². The van der Waals surface area contributed by atoms with Crippen LogP contribution >= 0.6 is 0 Å². The van der Waals surface area contributed by atoms with E-state index in [1.54, 1.807) is 0 Å². The zero-order chi connectivity index (χ0) is 13.3. The Bertz CT molecular complexity index is 554. The molecule has 0 fully saturated rings. The van der Waals surface area contributed by atoms with Gasteiger partial charge in [-0.2, -0.15) is 0 Å². The van der Waals surface area contributed by atoms with Crippen LogP contribution in [0.5, 0.6) is 0 Å². The van der Waals surface area contributed by atoms with Gasteiger partial charge in [0.05, 0.1) is 5.69 Å². The van der Waals surface area contributed by atoms with Crippen molar-refractivity contribution in [2.75, 3.05) is 6.54 Å². The highest BCUT2D eigenvalue weighted by atomic mass is 15.1. The molecule has 0 radical (unpaired) electrons. The van der Waals surface area contributed by atoms with Gasteiger partial charge in [0.2, 0.25) is 0 Å². The maximum absolute atomic E-state index is 5.69. The molecule has 2 heterocycles. The molecule has 0 saturated carbocycles. The summed E-state index contributed by atoms with van der Waals surface area (Å²) in [6.07, 6.45) is 3.93. The first-order valence-corrected chi connectivity index (χ1v) is 6.65. The molecule has 0 aliphatic heterocycles. The number of aromatic nitrogens is 3. The number of fused-ring (bicyclic) bond motifs is 1. The summed E-state index contributed by atoms with van der Waals surface area (Å²) in [4.78, 5) is 9.26. The molecule has 18 heavy (non-hydrogen) atoms. The predicted molar refractivity (Wildman–Crippen MR) is 74.8 cm³/mol. The molecule has 0 bridgehead atoms. The van der Waals surface area contributed by atoms with Gasteiger partial charge < -0.3 is 10.3 Å². The van der Waals surface area contributed by atoms with Crippen LogP contribution in [0.25, 0.3) is 11.0 Å². The number of hydrogen-bond acceptors (Lipinski definition) is 3. The molecule has 98 valence electrons. The van der Waals surface area contributed by atoms with E-state index < -0.39 is 0 Å². The molecule has 2 aromatic heterocycles. The molecule has 0 saturated heterocycles. The average Bonchev–Trinajstić information content (AvgIpc) is 2.69. The molecule has 2 aromatic rings. The van der Waals surface area contributed by atoms with Gasteiger partial charge in [-0.1, -0.05) is 6.92 Å². The Kier molecular flexibility index (Phi) is 3.66. The van der Waals surface area contributed by atoms with Crippen molar-refractivity contribution < 1.29 is 0 Å². The third-order valence-electron chi connectivity index (χ3n) is 3.26. The molecular formula is C14H22N4. The quantitative estimate of drug-likeness (QED) is 0.901. The smallest absolute Gasteiger partial charge is 0.144 e. The molecule has 0 unspecified atom stereocenters. The molecule has 0 aromatic carbocycles. The minimum atomic E-state index is 0.401. The van der Waals surface area contributed by atoms with Gasteiger partial charge in [0.1, 0.15) is 11.5 Å². The zero-order valence-corrected chi connectivity index (χ0v) is 11.7. The first-order valence-electron chi connectivity index (χ1n) is 6.65. The first-order chi connectivity index (χ1) is 8.58. The highest BCUT2D eigenvalue weighted by Crippen LogP contribution is 2.25. The summed E-state index contributed by atoms with van der Waals surface area (Å²) in [5, 5.41) is 1.19. The van der Waals surface area contributed by atoms with Gasteiger partial charge in [0.15, 0.2) is 0 Å². The summed E-state index contributed by atoms with van der Waals surface area (Å²) in [5.41, 5.74) is 9.08. The third-order valence-corrected chi connectivity index (χ3v) is 3.26. The van der Waals surface area contributed by atoms with Gasteiger partial charge in [-0.05, 0) is 39.3 Å². The fourth-order valence-corrected chi connectivity index (χ4v) is 2.37. The lowest BCUT2D eigenvalue weighted by Gasteiger charge is -2.09. The standard InChI is InChI=1S/C14H22N4/c1-5-12-16-10(4)13-11(6-7-15)8-18(9(2)3)14(13)17-12/h8-9H,5-7,15H2,1-4H3. The normalized spacial score (nSPS) is 11.7. The van der Waals surface area contributed by atoms with Crippen molar-refractivity contribution >= 4 is 11.0 Å². The summed E-state index contributed by atoms with van der Waals surface area (Å²) in [6.45, 7) is 9.16. The van der Waals surface area contributed by atoms with Crippen molar-refractivity contribution in [2.45, 2.75) is 46.6 Å². The molecule has 0 aliphatic rings. The number of aryl methyl sites for hydroxylation is 2. The average molecular weight is 246 g/mol. The third kappa shape index (κ3) is 2.12. The maximum atomic E-state index is 5.69. The minimum absolute atomic E-state index is 0.401. The van der Waals surface area contributed by atoms with Crippen molar-refractivity contribution in [3.05, 3.63) is 23.3 Å². The first kappa shape index (κ1) is 13.0. The number of rotatable bonds is 4. The van der Waals surface area contributed by atoms with Crippen LogP contribution in [-0.4, -0.2) is 21.1 Å². The lowest BCUT2D eigenvalue weighted by atomic mass is 10.1. The molecule has 0 amide bonds. The molecular weight excluding hydrogens is 224 g/mol. The maximum Gasteiger partial charge on any atom is 0.144 e.